The second-order valence-electron chi connectivity index (χ2n) is 3.92. The molecule has 2 N–H and O–H groups in total. The topological polar surface area (TPSA) is 41.5 Å². The van der Waals surface area contributed by atoms with Crippen molar-refractivity contribution in [2.45, 2.75) is 12.0 Å². The Bertz CT molecular complexity index is 403. The van der Waals surface area contributed by atoms with Crippen molar-refractivity contribution >= 4 is 23.2 Å². The van der Waals surface area contributed by atoms with E-state index in [9.17, 15) is 5.11 Å². The first-order valence-electron chi connectivity index (χ1n) is 5.03. The van der Waals surface area contributed by atoms with Crippen LogP contribution in [0.1, 0.15) is 12.0 Å². The number of methoxy groups -OCH3 is 1. The highest BCUT2D eigenvalue weighted by Gasteiger charge is 2.35. The molecule has 16 heavy (non-hydrogen) atoms. The van der Waals surface area contributed by atoms with Gasteiger partial charge in [-0.2, -0.15) is 0 Å². The maximum Gasteiger partial charge on any atom is 0.138 e. The number of halogens is 2. The van der Waals surface area contributed by atoms with Crippen LogP contribution >= 0.6 is 23.2 Å². The lowest BCUT2D eigenvalue weighted by Gasteiger charge is -2.23. The molecule has 0 aliphatic carbocycles. The lowest BCUT2D eigenvalue weighted by atomic mass is 9.93. The molecule has 1 saturated heterocycles. The number of hydrogen-bond donors (Lipinski definition) is 2. The third kappa shape index (κ3) is 2.00. The van der Waals surface area contributed by atoms with Gasteiger partial charge in [-0.15, -0.1) is 0 Å². The average Bonchev–Trinajstić information content (AvgIpc) is 2.69. The van der Waals surface area contributed by atoms with Crippen LogP contribution < -0.4 is 10.1 Å². The molecule has 1 aromatic rings. The highest BCUT2D eigenvalue weighted by molar-refractivity contribution is 6.34. The SMILES string of the molecule is COc1cc(Cl)c(C2(O)CCNC2)cc1Cl. The fourth-order valence-corrected chi connectivity index (χ4v) is 2.52. The van der Waals surface area contributed by atoms with Crippen LogP contribution in [-0.2, 0) is 5.60 Å². The summed E-state index contributed by atoms with van der Waals surface area (Å²) in [5, 5.41) is 14.4. The van der Waals surface area contributed by atoms with Crippen LogP contribution in [0.15, 0.2) is 12.1 Å². The Labute approximate surface area is 104 Å². The molecule has 0 bridgehead atoms. The molecule has 0 spiro atoms. The van der Waals surface area contributed by atoms with Crippen molar-refractivity contribution in [3.8, 4) is 5.75 Å². The van der Waals surface area contributed by atoms with E-state index in [1.54, 1.807) is 12.1 Å². The normalized spacial score (nSPS) is 24.8. The quantitative estimate of drug-likeness (QED) is 0.858. The van der Waals surface area contributed by atoms with Crippen molar-refractivity contribution in [2.75, 3.05) is 20.2 Å². The van der Waals surface area contributed by atoms with Gasteiger partial charge in [0, 0.05) is 18.2 Å². The summed E-state index contributed by atoms with van der Waals surface area (Å²) in [6.45, 7) is 1.27. The summed E-state index contributed by atoms with van der Waals surface area (Å²) in [5.41, 5.74) is -0.266. The van der Waals surface area contributed by atoms with Crippen molar-refractivity contribution in [3.63, 3.8) is 0 Å². The van der Waals surface area contributed by atoms with Crippen molar-refractivity contribution in [3.05, 3.63) is 27.7 Å². The minimum absolute atomic E-state index is 0.460. The average molecular weight is 262 g/mol. The van der Waals surface area contributed by atoms with Gasteiger partial charge in [0.2, 0.25) is 0 Å². The van der Waals surface area contributed by atoms with E-state index in [0.717, 1.165) is 6.54 Å². The maximum atomic E-state index is 10.4. The molecule has 1 fully saturated rings. The molecule has 0 aromatic heterocycles. The number of rotatable bonds is 2. The Hall–Kier alpha value is -0.480. The summed E-state index contributed by atoms with van der Waals surface area (Å²) in [5.74, 6) is 0.518. The number of β-amino-alcohol motifs (C(OH)–C–C–N with tert-alkyl or cyclic N) is 1. The predicted octanol–water partition coefficient (Wildman–Crippen LogP) is 2.18. The van der Waals surface area contributed by atoms with Crippen molar-refractivity contribution in [1.29, 1.82) is 0 Å². The number of ether oxygens (including phenoxy) is 1. The number of benzene rings is 1. The molecule has 0 amide bonds. The molecule has 2 rings (SSSR count). The van der Waals surface area contributed by atoms with Gasteiger partial charge in [-0.3, -0.25) is 0 Å². The Morgan fingerprint density at radius 2 is 2.12 bits per heavy atom. The maximum absolute atomic E-state index is 10.4. The molecule has 1 heterocycles. The summed E-state index contributed by atoms with van der Waals surface area (Å²) in [4.78, 5) is 0. The Balaban J connectivity index is 2.45. The van der Waals surface area contributed by atoms with Crippen LogP contribution in [0.3, 0.4) is 0 Å². The molecule has 88 valence electrons. The zero-order chi connectivity index (χ0) is 11.8. The van der Waals surface area contributed by atoms with Gasteiger partial charge in [-0.25, -0.2) is 0 Å². The van der Waals surface area contributed by atoms with Gasteiger partial charge < -0.3 is 15.2 Å². The fraction of sp³-hybridized carbons (Fsp3) is 0.455. The third-order valence-corrected chi connectivity index (χ3v) is 3.48. The van der Waals surface area contributed by atoms with Crippen LogP contribution in [0.4, 0.5) is 0 Å². The van der Waals surface area contributed by atoms with Gasteiger partial charge in [-0.05, 0) is 19.0 Å². The van der Waals surface area contributed by atoms with Crippen LogP contribution in [0, 0.1) is 0 Å². The standard InChI is InChI=1S/C11H13Cl2NO2/c1-16-10-5-8(12)7(4-9(10)13)11(15)2-3-14-6-11/h4-5,14-15H,2-3,6H2,1H3. The summed E-state index contributed by atoms with van der Waals surface area (Å²) < 4.78 is 5.06. The summed E-state index contributed by atoms with van der Waals surface area (Å²) in [7, 11) is 1.53. The van der Waals surface area contributed by atoms with Crippen LogP contribution in [0.2, 0.25) is 10.0 Å². The monoisotopic (exact) mass is 261 g/mol. The number of hydrogen-bond acceptors (Lipinski definition) is 3. The zero-order valence-corrected chi connectivity index (χ0v) is 10.4. The molecular formula is C11H13Cl2NO2. The second kappa shape index (κ2) is 4.41. The van der Waals surface area contributed by atoms with Crippen molar-refractivity contribution < 1.29 is 9.84 Å². The summed E-state index contributed by atoms with van der Waals surface area (Å²) in [6.07, 6.45) is 0.634. The minimum atomic E-state index is -0.924. The lowest BCUT2D eigenvalue weighted by Crippen LogP contribution is -2.28. The minimum Gasteiger partial charge on any atom is -0.495 e. The summed E-state index contributed by atoms with van der Waals surface area (Å²) >= 11 is 12.2. The fourth-order valence-electron chi connectivity index (χ4n) is 1.95. The Morgan fingerprint density at radius 1 is 1.38 bits per heavy atom. The molecular weight excluding hydrogens is 249 g/mol. The molecule has 1 aliphatic heterocycles. The van der Waals surface area contributed by atoms with Gasteiger partial charge >= 0.3 is 0 Å². The van der Waals surface area contributed by atoms with Gasteiger partial charge in [0.15, 0.2) is 0 Å². The largest absolute Gasteiger partial charge is 0.495 e. The highest BCUT2D eigenvalue weighted by atomic mass is 35.5. The molecule has 0 saturated carbocycles. The van der Waals surface area contributed by atoms with E-state index in [-0.39, 0.29) is 0 Å². The third-order valence-electron chi connectivity index (χ3n) is 2.88. The van der Waals surface area contributed by atoms with Gasteiger partial charge in [0.25, 0.3) is 0 Å². The molecule has 5 heteroatoms. The Kier molecular flexibility index (Phi) is 3.31. The van der Waals surface area contributed by atoms with E-state index in [1.807, 2.05) is 0 Å². The molecule has 1 unspecified atom stereocenters. The van der Waals surface area contributed by atoms with E-state index < -0.39 is 5.60 Å². The van der Waals surface area contributed by atoms with E-state index in [4.69, 9.17) is 27.9 Å². The predicted molar refractivity (Wildman–Crippen MR) is 64.4 cm³/mol. The van der Waals surface area contributed by atoms with E-state index in [0.29, 0.717) is 34.3 Å². The van der Waals surface area contributed by atoms with Crippen molar-refractivity contribution in [1.82, 2.24) is 5.32 Å². The Morgan fingerprint density at radius 3 is 2.69 bits per heavy atom. The summed E-state index contributed by atoms with van der Waals surface area (Å²) in [6, 6.07) is 3.31. The first-order valence-corrected chi connectivity index (χ1v) is 5.79. The molecule has 1 atom stereocenters. The first kappa shape index (κ1) is 12.0. The van der Waals surface area contributed by atoms with Gasteiger partial charge in [-0.1, -0.05) is 23.2 Å². The van der Waals surface area contributed by atoms with E-state index >= 15 is 0 Å². The number of nitrogens with one attached hydrogen (secondary N) is 1. The van der Waals surface area contributed by atoms with Crippen LogP contribution in [-0.4, -0.2) is 25.3 Å². The van der Waals surface area contributed by atoms with Gasteiger partial charge in [0.05, 0.1) is 17.2 Å². The van der Waals surface area contributed by atoms with E-state index in [2.05, 4.69) is 5.32 Å². The first-order chi connectivity index (χ1) is 7.57. The van der Waals surface area contributed by atoms with E-state index in [1.165, 1.54) is 7.11 Å². The molecule has 0 radical (unpaired) electrons. The van der Waals surface area contributed by atoms with Crippen LogP contribution in [0.5, 0.6) is 5.75 Å². The number of aliphatic hydroxyl groups is 1. The highest BCUT2D eigenvalue weighted by Crippen LogP contribution is 2.38. The molecule has 1 aliphatic rings. The smallest absolute Gasteiger partial charge is 0.138 e. The molecule has 3 nitrogen and oxygen atoms in total. The lowest BCUT2D eigenvalue weighted by molar-refractivity contribution is 0.0588. The zero-order valence-electron chi connectivity index (χ0n) is 8.89. The second-order valence-corrected chi connectivity index (χ2v) is 4.74. The van der Waals surface area contributed by atoms with Crippen molar-refractivity contribution in [2.24, 2.45) is 0 Å². The van der Waals surface area contributed by atoms with Crippen LogP contribution in [0.25, 0.3) is 0 Å². The molecule has 1 aromatic carbocycles. The van der Waals surface area contributed by atoms with Gasteiger partial charge in [0.1, 0.15) is 11.4 Å².